The van der Waals surface area contributed by atoms with Gasteiger partial charge in [0.25, 0.3) is 0 Å². The number of methoxy groups -OCH3 is 1. The molecule has 3 saturated carbocycles. The van der Waals surface area contributed by atoms with E-state index in [2.05, 4.69) is 5.10 Å². The molecule has 3 fully saturated rings. The van der Waals surface area contributed by atoms with Gasteiger partial charge in [-0.25, -0.2) is 0 Å². The summed E-state index contributed by atoms with van der Waals surface area (Å²) in [5.41, 5.74) is -0.432. The summed E-state index contributed by atoms with van der Waals surface area (Å²) in [7, 11) is 1.70. The van der Waals surface area contributed by atoms with Crippen LogP contribution in [0.5, 0.6) is 0 Å². The molecule has 3 aliphatic carbocycles. The van der Waals surface area contributed by atoms with Crippen LogP contribution in [0.15, 0.2) is 6.20 Å². The topological polar surface area (TPSA) is 27.1 Å². The normalized spacial score (nSPS) is 34.1. The fraction of sp³-hybridized carbons (Fsp3) is 0.750. The molecule has 0 unspecified atom stereocenters. The summed E-state index contributed by atoms with van der Waals surface area (Å²) in [5, 5.41) is 3.97. The van der Waals surface area contributed by atoms with Gasteiger partial charge in [0.1, 0.15) is 0 Å². The molecule has 0 amide bonds. The summed E-state index contributed by atoms with van der Waals surface area (Å²) < 4.78 is 44.7. The maximum Gasteiger partial charge on any atom is 0.419 e. The third kappa shape index (κ3) is 1.58. The van der Waals surface area contributed by atoms with Gasteiger partial charge >= 0.3 is 6.18 Å². The van der Waals surface area contributed by atoms with E-state index in [1.165, 1.54) is 11.6 Å². The standard InChI is InChI=1S/C12H15F3N2O/c1-8-9(12(13,14)15)3-17(16-8)7-10-4-11(5-10,6-10)18-2/h3H,4-7H2,1-2H3. The summed E-state index contributed by atoms with van der Waals surface area (Å²) in [6.45, 7) is 1.97. The molecule has 4 rings (SSSR count). The lowest BCUT2D eigenvalue weighted by Gasteiger charge is -2.69. The lowest BCUT2D eigenvalue weighted by atomic mass is 9.41. The van der Waals surface area contributed by atoms with Crippen molar-refractivity contribution >= 4 is 0 Å². The van der Waals surface area contributed by atoms with E-state index >= 15 is 0 Å². The van der Waals surface area contributed by atoms with Crippen molar-refractivity contribution in [2.45, 2.75) is 44.5 Å². The van der Waals surface area contributed by atoms with E-state index in [0.29, 0.717) is 6.54 Å². The Hall–Kier alpha value is -1.04. The van der Waals surface area contributed by atoms with E-state index in [9.17, 15) is 13.2 Å². The minimum atomic E-state index is -4.31. The van der Waals surface area contributed by atoms with E-state index in [0.717, 1.165) is 25.5 Å². The zero-order valence-electron chi connectivity index (χ0n) is 10.3. The van der Waals surface area contributed by atoms with Crippen LogP contribution in [0.4, 0.5) is 13.2 Å². The molecular formula is C12H15F3N2O. The molecule has 0 radical (unpaired) electrons. The molecule has 0 atom stereocenters. The number of aryl methyl sites for hydroxylation is 1. The van der Waals surface area contributed by atoms with Gasteiger partial charge in [-0.15, -0.1) is 0 Å². The van der Waals surface area contributed by atoms with Crippen molar-refractivity contribution in [3.8, 4) is 0 Å². The van der Waals surface area contributed by atoms with Gasteiger partial charge in [0, 0.05) is 19.9 Å². The minimum Gasteiger partial charge on any atom is -0.378 e. The molecule has 3 aliphatic rings. The highest BCUT2D eigenvalue weighted by Gasteiger charge is 2.68. The second-order valence-electron chi connectivity index (χ2n) is 5.74. The Bertz CT molecular complexity index is 472. The first-order chi connectivity index (χ1) is 8.28. The van der Waals surface area contributed by atoms with Crippen molar-refractivity contribution in [2.75, 3.05) is 7.11 Å². The lowest BCUT2D eigenvalue weighted by molar-refractivity contribution is -0.280. The molecular weight excluding hydrogens is 245 g/mol. The van der Waals surface area contributed by atoms with Gasteiger partial charge in [-0.2, -0.15) is 18.3 Å². The van der Waals surface area contributed by atoms with Crippen LogP contribution in [-0.4, -0.2) is 22.5 Å². The van der Waals surface area contributed by atoms with Crippen molar-refractivity contribution in [1.82, 2.24) is 9.78 Å². The summed E-state index contributed by atoms with van der Waals surface area (Å²) in [6, 6.07) is 0. The van der Waals surface area contributed by atoms with E-state index in [1.54, 1.807) is 7.11 Å². The highest BCUT2D eigenvalue weighted by atomic mass is 19.4. The van der Waals surface area contributed by atoms with Crippen LogP contribution in [0.2, 0.25) is 0 Å². The molecule has 0 spiro atoms. The molecule has 2 bridgehead atoms. The number of halogens is 3. The van der Waals surface area contributed by atoms with Crippen molar-refractivity contribution < 1.29 is 17.9 Å². The Labute approximate surface area is 103 Å². The van der Waals surface area contributed by atoms with Crippen molar-refractivity contribution in [2.24, 2.45) is 5.41 Å². The van der Waals surface area contributed by atoms with Gasteiger partial charge in [-0.1, -0.05) is 0 Å². The maximum absolute atomic E-state index is 12.6. The number of ether oxygens (including phenoxy) is 1. The molecule has 6 heteroatoms. The maximum atomic E-state index is 12.6. The zero-order valence-corrected chi connectivity index (χ0v) is 10.3. The van der Waals surface area contributed by atoms with E-state index < -0.39 is 11.7 Å². The Morgan fingerprint density at radius 3 is 2.44 bits per heavy atom. The van der Waals surface area contributed by atoms with Crippen molar-refractivity contribution in [3.05, 3.63) is 17.5 Å². The largest absolute Gasteiger partial charge is 0.419 e. The number of rotatable bonds is 3. The van der Waals surface area contributed by atoms with Gasteiger partial charge < -0.3 is 4.74 Å². The van der Waals surface area contributed by atoms with Gasteiger partial charge in [0.15, 0.2) is 0 Å². The second kappa shape index (κ2) is 3.29. The predicted molar refractivity (Wildman–Crippen MR) is 58.0 cm³/mol. The lowest BCUT2D eigenvalue weighted by Crippen LogP contribution is -2.69. The van der Waals surface area contributed by atoms with Gasteiger partial charge in [-0.3, -0.25) is 4.68 Å². The molecule has 0 N–H and O–H groups in total. The Morgan fingerprint density at radius 2 is 2.00 bits per heavy atom. The average molecular weight is 260 g/mol. The zero-order chi connectivity index (χ0) is 13.2. The summed E-state index contributed by atoms with van der Waals surface area (Å²) >= 11 is 0. The molecule has 0 saturated heterocycles. The van der Waals surface area contributed by atoms with E-state index in [-0.39, 0.29) is 16.7 Å². The number of nitrogens with zero attached hydrogens (tertiary/aromatic N) is 2. The van der Waals surface area contributed by atoms with Crippen LogP contribution < -0.4 is 0 Å². The first-order valence-electron chi connectivity index (χ1n) is 5.94. The monoisotopic (exact) mass is 260 g/mol. The molecule has 1 aromatic heterocycles. The molecule has 0 aliphatic heterocycles. The smallest absolute Gasteiger partial charge is 0.378 e. The van der Waals surface area contributed by atoms with Crippen LogP contribution in [0.1, 0.15) is 30.5 Å². The summed E-state index contributed by atoms with van der Waals surface area (Å²) in [5.74, 6) is 0. The first kappa shape index (κ1) is 12.0. The Morgan fingerprint density at radius 1 is 1.39 bits per heavy atom. The van der Waals surface area contributed by atoms with E-state index in [4.69, 9.17) is 4.74 Å². The summed E-state index contributed by atoms with van der Waals surface area (Å²) in [6.07, 6.45) is -0.366. The van der Waals surface area contributed by atoms with Crippen LogP contribution in [0, 0.1) is 12.3 Å². The Balaban J connectivity index is 1.73. The molecule has 3 nitrogen and oxygen atoms in total. The van der Waals surface area contributed by atoms with E-state index in [1.807, 2.05) is 0 Å². The second-order valence-corrected chi connectivity index (χ2v) is 5.74. The fourth-order valence-corrected chi connectivity index (χ4v) is 3.50. The van der Waals surface area contributed by atoms with Gasteiger partial charge in [0.2, 0.25) is 0 Å². The molecule has 1 aromatic rings. The average Bonchev–Trinajstić information content (AvgIpc) is 2.50. The van der Waals surface area contributed by atoms with Crippen molar-refractivity contribution in [1.29, 1.82) is 0 Å². The molecule has 1 heterocycles. The highest BCUT2D eigenvalue weighted by molar-refractivity contribution is 5.22. The van der Waals surface area contributed by atoms with Crippen LogP contribution >= 0.6 is 0 Å². The third-order valence-electron chi connectivity index (χ3n) is 4.27. The third-order valence-corrected chi connectivity index (χ3v) is 4.27. The number of hydrogen-bond acceptors (Lipinski definition) is 2. The molecule has 18 heavy (non-hydrogen) atoms. The van der Waals surface area contributed by atoms with Crippen LogP contribution in [0.25, 0.3) is 0 Å². The quantitative estimate of drug-likeness (QED) is 0.835. The first-order valence-corrected chi connectivity index (χ1v) is 5.94. The number of hydrogen-bond donors (Lipinski definition) is 0. The van der Waals surface area contributed by atoms with Crippen molar-refractivity contribution in [3.63, 3.8) is 0 Å². The summed E-state index contributed by atoms with van der Waals surface area (Å²) in [4.78, 5) is 0. The number of aromatic nitrogens is 2. The highest BCUT2D eigenvalue weighted by Crippen LogP contribution is 2.69. The molecule has 0 aromatic carbocycles. The SMILES string of the molecule is COC12CC(Cn3cc(C(F)(F)F)c(C)n3)(C1)C2. The van der Waals surface area contributed by atoms with Gasteiger partial charge in [-0.05, 0) is 31.6 Å². The molecule has 100 valence electrons. The minimum absolute atomic E-state index is 0.0229. The van der Waals surface area contributed by atoms with Gasteiger partial charge in [0.05, 0.1) is 16.9 Å². The number of alkyl halides is 3. The predicted octanol–water partition coefficient (Wildman–Crippen LogP) is 2.78. The van der Waals surface area contributed by atoms with Crippen LogP contribution in [-0.2, 0) is 17.5 Å². The van der Waals surface area contributed by atoms with Crippen LogP contribution in [0.3, 0.4) is 0 Å². The fourth-order valence-electron chi connectivity index (χ4n) is 3.50. The Kier molecular flexibility index (Phi) is 2.20.